The number of nitrogens with zero attached hydrogens (tertiary/aromatic N) is 1. The summed E-state index contributed by atoms with van der Waals surface area (Å²) in [5, 5.41) is 4.27. The van der Waals surface area contributed by atoms with Crippen LogP contribution in [0.3, 0.4) is 0 Å². The Morgan fingerprint density at radius 3 is 2.26 bits per heavy atom. The van der Waals surface area contributed by atoms with Gasteiger partial charge in [-0.25, -0.2) is 0 Å². The second-order valence-electron chi connectivity index (χ2n) is 6.25. The van der Waals surface area contributed by atoms with Gasteiger partial charge in [-0.1, -0.05) is 18.5 Å². The molecule has 4 nitrogen and oxygen atoms in total. The van der Waals surface area contributed by atoms with Crippen LogP contribution in [0, 0.1) is 0 Å². The Kier molecular flexibility index (Phi) is 7.24. The molecule has 1 fully saturated rings. The summed E-state index contributed by atoms with van der Waals surface area (Å²) < 4.78 is 11.5. The average Bonchev–Trinajstić information content (AvgIpc) is 2.60. The van der Waals surface area contributed by atoms with Crippen LogP contribution in [-0.2, 0) is 4.84 Å². The van der Waals surface area contributed by atoms with Crippen molar-refractivity contribution < 1.29 is 14.3 Å². The molecule has 0 spiro atoms. The van der Waals surface area contributed by atoms with Gasteiger partial charge in [-0.05, 0) is 70.2 Å². The lowest BCUT2D eigenvalue weighted by Crippen LogP contribution is -2.17. The number of benzene rings is 1. The minimum Gasteiger partial charge on any atom is -0.491 e. The molecule has 0 aromatic heterocycles. The third-order valence-electron chi connectivity index (χ3n) is 4.01. The Hall–Kier alpha value is -1.71. The fourth-order valence-electron chi connectivity index (χ4n) is 2.39. The van der Waals surface area contributed by atoms with Crippen molar-refractivity contribution in [1.29, 1.82) is 0 Å². The smallest absolute Gasteiger partial charge is 0.158 e. The van der Waals surface area contributed by atoms with Crippen LogP contribution in [0.5, 0.6) is 11.5 Å². The summed E-state index contributed by atoms with van der Waals surface area (Å²) in [5.74, 6) is 1.70. The third-order valence-corrected chi connectivity index (χ3v) is 4.01. The lowest BCUT2D eigenvalue weighted by molar-refractivity contribution is 0.0356. The Bertz CT molecular complexity index is 476. The molecule has 23 heavy (non-hydrogen) atoms. The van der Waals surface area contributed by atoms with Gasteiger partial charge in [-0.3, -0.25) is 0 Å². The maximum Gasteiger partial charge on any atom is 0.158 e. The zero-order valence-electron chi connectivity index (χ0n) is 14.6. The summed E-state index contributed by atoms with van der Waals surface area (Å²) in [5.41, 5.74) is 1.19. The molecular formula is C19H29NO3. The number of hydrogen-bond donors (Lipinski definition) is 0. The number of oxime groups is 1. The highest BCUT2D eigenvalue weighted by molar-refractivity contribution is 5.84. The molecule has 0 N–H and O–H groups in total. The molecule has 0 saturated heterocycles. The zero-order chi connectivity index (χ0) is 16.5. The first-order valence-electron chi connectivity index (χ1n) is 8.78. The molecule has 2 atom stereocenters. The molecule has 0 radical (unpaired) electrons. The van der Waals surface area contributed by atoms with Gasteiger partial charge in [0.15, 0.2) is 6.10 Å². The molecular weight excluding hydrogens is 290 g/mol. The highest BCUT2D eigenvalue weighted by Gasteiger charge is 2.09. The lowest BCUT2D eigenvalue weighted by atomic mass is 9.99. The standard InChI is InChI=1S/C19H29NO3/c1-4-15(2)22-19-12-10-18(11-13-19)21-14-16(3)23-20-17-8-6-5-7-9-17/h10-13,15-16H,4-9,14H2,1-3H3. The van der Waals surface area contributed by atoms with Gasteiger partial charge in [0.2, 0.25) is 0 Å². The molecule has 0 amide bonds. The van der Waals surface area contributed by atoms with Crippen molar-refractivity contribution in [3.05, 3.63) is 24.3 Å². The molecule has 0 heterocycles. The van der Waals surface area contributed by atoms with E-state index in [9.17, 15) is 0 Å². The normalized spacial score (nSPS) is 17.3. The van der Waals surface area contributed by atoms with Crippen LogP contribution in [0.25, 0.3) is 0 Å². The van der Waals surface area contributed by atoms with Crippen molar-refractivity contribution in [2.45, 2.75) is 71.5 Å². The van der Waals surface area contributed by atoms with Crippen LogP contribution >= 0.6 is 0 Å². The van der Waals surface area contributed by atoms with E-state index in [0.717, 1.165) is 30.8 Å². The van der Waals surface area contributed by atoms with E-state index in [2.05, 4.69) is 19.0 Å². The highest BCUT2D eigenvalue weighted by Crippen LogP contribution is 2.20. The fraction of sp³-hybridized carbons (Fsp3) is 0.632. The summed E-state index contributed by atoms with van der Waals surface area (Å²) >= 11 is 0. The van der Waals surface area contributed by atoms with Gasteiger partial charge in [0.25, 0.3) is 0 Å². The lowest BCUT2D eigenvalue weighted by Gasteiger charge is -2.16. The van der Waals surface area contributed by atoms with E-state index in [4.69, 9.17) is 14.3 Å². The van der Waals surface area contributed by atoms with Gasteiger partial charge in [0.1, 0.15) is 18.1 Å². The van der Waals surface area contributed by atoms with Crippen molar-refractivity contribution in [2.24, 2.45) is 5.16 Å². The van der Waals surface area contributed by atoms with Crippen molar-refractivity contribution >= 4 is 5.71 Å². The van der Waals surface area contributed by atoms with Crippen molar-refractivity contribution in [1.82, 2.24) is 0 Å². The van der Waals surface area contributed by atoms with Gasteiger partial charge in [0.05, 0.1) is 11.8 Å². The predicted molar refractivity (Wildman–Crippen MR) is 93.4 cm³/mol. The van der Waals surface area contributed by atoms with Crippen molar-refractivity contribution in [3.63, 3.8) is 0 Å². The van der Waals surface area contributed by atoms with Crippen LogP contribution in [0.1, 0.15) is 59.3 Å². The van der Waals surface area contributed by atoms with Gasteiger partial charge in [0, 0.05) is 0 Å². The highest BCUT2D eigenvalue weighted by atomic mass is 16.6. The van der Waals surface area contributed by atoms with E-state index in [1.54, 1.807) is 0 Å². The molecule has 1 aromatic carbocycles. The minimum absolute atomic E-state index is 0.0551. The quantitative estimate of drug-likeness (QED) is 0.635. The van der Waals surface area contributed by atoms with E-state index in [1.165, 1.54) is 25.0 Å². The van der Waals surface area contributed by atoms with Crippen LogP contribution in [0.2, 0.25) is 0 Å². The largest absolute Gasteiger partial charge is 0.491 e. The second kappa shape index (κ2) is 9.43. The number of ether oxygens (including phenoxy) is 2. The Morgan fingerprint density at radius 2 is 1.61 bits per heavy atom. The van der Waals surface area contributed by atoms with Crippen LogP contribution in [0.4, 0.5) is 0 Å². The third kappa shape index (κ3) is 6.51. The SMILES string of the molecule is CCC(C)Oc1ccc(OCC(C)ON=C2CCCCC2)cc1. The first-order valence-corrected chi connectivity index (χ1v) is 8.78. The van der Waals surface area contributed by atoms with E-state index in [1.807, 2.05) is 31.2 Å². The molecule has 0 aliphatic heterocycles. The molecule has 128 valence electrons. The topological polar surface area (TPSA) is 40.0 Å². The van der Waals surface area contributed by atoms with E-state index in [-0.39, 0.29) is 12.2 Å². The number of hydrogen-bond acceptors (Lipinski definition) is 4. The zero-order valence-corrected chi connectivity index (χ0v) is 14.6. The second-order valence-corrected chi connectivity index (χ2v) is 6.25. The molecule has 1 saturated carbocycles. The van der Waals surface area contributed by atoms with Gasteiger partial charge in [-0.2, -0.15) is 0 Å². The van der Waals surface area contributed by atoms with Crippen LogP contribution < -0.4 is 9.47 Å². The molecule has 2 rings (SSSR count). The van der Waals surface area contributed by atoms with E-state index >= 15 is 0 Å². The van der Waals surface area contributed by atoms with Crippen molar-refractivity contribution in [2.75, 3.05) is 6.61 Å². The molecule has 2 unspecified atom stereocenters. The summed E-state index contributed by atoms with van der Waals surface area (Å²) in [6.07, 6.45) is 7.10. The summed E-state index contributed by atoms with van der Waals surface area (Å²) in [6.45, 7) is 6.65. The molecule has 1 aromatic rings. The van der Waals surface area contributed by atoms with Gasteiger partial charge in [-0.15, -0.1) is 0 Å². The molecule has 0 bridgehead atoms. The van der Waals surface area contributed by atoms with Crippen molar-refractivity contribution in [3.8, 4) is 11.5 Å². The molecule has 4 heteroatoms. The summed E-state index contributed by atoms with van der Waals surface area (Å²) in [4.78, 5) is 5.53. The number of rotatable bonds is 8. The Balaban J connectivity index is 1.72. The minimum atomic E-state index is -0.0551. The fourth-order valence-corrected chi connectivity index (χ4v) is 2.39. The van der Waals surface area contributed by atoms with Crippen LogP contribution in [0.15, 0.2) is 29.4 Å². The van der Waals surface area contributed by atoms with E-state index in [0.29, 0.717) is 6.61 Å². The van der Waals surface area contributed by atoms with Gasteiger partial charge >= 0.3 is 0 Å². The Morgan fingerprint density at radius 1 is 0.957 bits per heavy atom. The first-order chi connectivity index (χ1) is 11.2. The summed E-state index contributed by atoms with van der Waals surface area (Å²) in [7, 11) is 0. The maximum atomic E-state index is 5.75. The Labute approximate surface area is 139 Å². The average molecular weight is 319 g/mol. The summed E-state index contributed by atoms with van der Waals surface area (Å²) in [6, 6.07) is 7.74. The van der Waals surface area contributed by atoms with Gasteiger partial charge < -0.3 is 14.3 Å². The van der Waals surface area contributed by atoms with E-state index < -0.39 is 0 Å². The molecule has 1 aliphatic carbocycles. The maximum absolute atomic E-state index is 5.75. The monoisotopic (exact) mass is 319 g/mol. The predicted octanol–water partition coefficient (Wildman–Crippen LogP) is 4.97. The first kappa shape index (κ1) is 17.6. The molecule has 1 aliphatic rings. The van der Waals surface area contributed by atoms with Crippen LogP contribution in [-0.4, -0.2) is 24.5 Å².